The standard InChI is InChI=1S/C13H14ClNO5/c14-11-7-10(1-2-12(11)15(17)18)13(16)20-8-9-3-5-19-6-4-9/h1-2,7,9H,3-6,8H2. The summed E-state index contributed by atoms with van der Waals surface area (Å²) in [5.41, 5.74) is -0.0136. The van der Waals surface area contributed by atoms with Crippen LogP contribution in [-0.2, 0) is 9.47 Å². The highest BCUT2D eigenvalue weighted by molar-refractivity contribution is 6.33. The number of nitrogens with zero attached hydrogens (tertiary/aromatic N) is 1. The molecule has 0 aliphatic carbocycles. The van der Waals surface area contributed by atoms with Gasteiger partial charge in [-0.05, 0) is 30.9 Å². The van der Waals surface area contributed by atoms with Crippen LogP contribution in [0.1, 0.15) is 23.2 Å². The number of rotatable bonds is 4. The van der Waals surface area contributed by atoms with Gasteiger partial charge in [-0.25, -0.2) is 4.79 Å². The van der Waals surface area contributed by atoms with Crippen molar-refractivity contribution in [2.24, 2.45) is 5.92 Å². The second-order valence-electron chi connectivity index (χ2n) is 4.58. The quantitative estimate of drug-likeness (QED) is 0.485. The van der Waals surface area contributed by atoms with Crippen molar-refractivity contribution in [1.82, 2.24) is 0 Å². The van der Waals surface area contributed by atoms with Crippen LogP contribution >= 0.6 is 11.6 Å². The molecule has 0 radical (unpaired) electrons. The average molecular weight is 300 g/mol. The maximum Gasteiger partial charge on any atom is 0.338 e. The first kappa shape index (κ1) is 14.7. The van der Waals surface area contributed by atoms with Gasteiger partial charge in [-0.15, -0.1) is 0 Å². The van der Waals surface area contributed by atoms with Crippen molar-refractivity contribution >= 4 is 23.3 Å². The number of hydrogen-bond acceptors (Lipinski definition) is 5. The predicted octanol–water partition coefficient (Wildman–Crippen LogP) is 2.83. The monoisotopic (exact) mass is 299 g/mol. The molecule has 0 saturated carbocycles. The van der Waals surface area contributed by atoms with Crippen molar-refractivity contribution in [3.05, 3.63) is 38.9 Å². The van der Waals surface area contributed by atoms with Gasteiger partial charge in [0.1, 0.15) is 5.02 Å². The molecule has 0 spiro atoms. The van der Waals surface area contributed by atoms with Crippen LogP contribution in [0.2, 0.25) is 5.02 Å². The Labute approximate surface area is 120 Å². The lowest BCUT2D eigenvalue weighted by Gasteiger charge is -2.21. The third-order valence-electron chi connectivity index (χ3n) is 3.17. The summed E-state index contributed by atoms with van der Waals surface area (Å²) in [6.07, 6.45) is 1.74. The van der Waals surface area contributed by atoms with Crippen molar-refractivity contribution < 1.29 is 19.2 Å². The van der Waals surface area contributed by atoms with Gasteiger partial charge in [-0.1, -0.05) is 11.6 Å². The molecular formula is C13H14ClNO5. The first-order valence-corrected chi connectivity index (χ1v) is 6.64. The van der Waals surface area contributed by atoms with Crippen LogP contribution in [0, 0.1) is 16.0 Å². The van der Waals surface area contributed by atoms with Crippen molar-refractivity contribution in [3.63, 3.8) is 0 Å². The molecule has 6 nitrogen and oxygen atoms in total. The molecule has 1 aromatic rings. The fraction of sp³-hybridized carbons (Fsp3) is 0.462. The van der Waals surface area contributed by atoms with E-state index in [0.29, 0.717) is 25.7 Å². The number of carbonyl (C=O) groups excluding carboxylic acids is 1. The number of ether oxygens (including phenoxy) is 2. The van der Waals surface area contributed by atoms with E-state index in [-0.39, 0.29) is 16.3 Å². The third kappa shape index (κ3) is 3.68. The Morgan fingerprint density at radius 1 is 1.45 bits per heavy atom. The van der Waals surface area contributed by atoms with E-state index in [9.17, 15) is 14.9 Å². The summed E-state index contributed by atoms with van der Waals surface area (Å²) in [5, 5.41) is 10.6. The van der Waals surface area contributed by atoms with Gasteiger partial charge in [0.25, 0.3) is 5.69 Å². The van der Waals surface area contributed by atoms with Crippen LogP contribution < -0.4 is 0 Å². The number of nitro groups is 1. The first-order valence-electron chi connectivity index (χ1n) is 6.26. The van der Waals surface area contributed by atoms with Crippen LogP contribution in [-0.4, -0.2) is 30.7 Å². The molecule has 1 saturated heterocycles. The lowest BCUT2D eigenvalue weighted by Crippen LogP contribution is -2.21. The Morgan fingerprint density at radius 3 is 2.75 bits per heavy atom. The lowest BCUT2D eigenvalue weighted by atomic mass is 10.0. The minimum Gasteiger partial charge on any atom is -0.462 e. The normalized spacial score (nSPS) is 15.8. The van der Waals surface area contributed by atoms with Crippen LogP contribution in [0.4, 0.5) is 5.69 Å². The maximum atomic E-state index is 11.8. The van der Waals surface area contributed by atoms with E-state index in [1.54, 1.807) is 0 Å². The van der Waals surface area contributed by atoms with Gasteiger partial charge in [0.15, 0.2) is 0 Å². The average Bonchev–Trinajstić information content (AvgIpc) is 2.45. The maximum absolute atomic E-state index is 11.8. The van der Waals surface area contributed by atoms with E-state index in [0.717, 1.165) is 12.8 Å². The molecule has 0 atom stereocenters. The van der Waals surface area contributed by atoms with Crippen LogP contribution in [0.5, 0.6) is 0 Å². The molecular weight excluding hydrogens is 286 g/mol. The molecule has 108 valence electrons. The molecule has 1 aliphatic heterocycles. The highest BCUT2D eigenvalue weighted by atomic mass is 35.5. The summed E-state index contributed by atoms with van der Waals surface area (Å²) in [7, 11) is 0. The zero-order valence-electron chi connectivity index (χ0n) is 10.7. The Bertz CT molecular complexity index is 513. The molecule has 20 heavy (non-hydrogen) atoms. The fourth-order valence-electron chi connectivity index (χ4n) is 1.97. The number of nitro benzene ring substituents is 1. The van der Waals surface area contributed by atoms with Crippen LogP contribution in [0.25, 0.3) is 0 Å². The summed E-state index contributed by atoms with van der Waals surface area (Å²) in [4.78, 5) is 21.9. The minimum atomic E-state index is -0.598. The molecule has 0 bridgehead atoms. The van der Waals surface area contributed by atoms with E-state index in [4.69, 9.17) is 21.1 Å². The summed E-state index contributed by atoms with van der Waals surface area (Å²) in [6.45, 7) is 1.70. The topological polar surface area (TPSA) is 78.7 Å². The first-order chi connectivity index (χ1) is 9.58. The molecule has 0 aromatic heterocycles. The molecule has 1 aliphatic rings. The van der Waals surface area contributed by atoms with E-state index in [2.05, 4.69) is 0 Å². The zero-order valence-corrected chi connectivity index (χ0v) is 11.5. The van der Waals surface area contributed by atoms with Crippen molar-refractivity contribution in [2.45, 2.75) is 12.8 Å². The summed E-state index contributed by atoms with van der Waals surface area (Å²) >= 11 is 5.75. The van der Waals surface area contributed by atoms with Crippen molar-refractivity contribution in [1.29, 1.82) is 0 Å². The van der Waals surface area contributed by atoms with E-state index in [1.807, 2.05) is 0 Å². The Balaban J connectivity index is 1.95. The fourth-order valence-corrected chi connectivity index (χ4v) is 2.22. The molecule has 1 fully saturated rings. The second-order valence-corrected chi connectivity index (χ2v) is 4.98. The smallest absolute Gasteiger partial charge is 0.338 e. The van der Waals surface area contributed by atoms with Gasteiger partial charge >= 0.3 is 5.97 Å². The van der Waals surface area contributed by atoms with Gasteiger partial charge in [0, 0.05) is 19.3 Å². The summed E-state index contributed by atoms with van der Waals surface area (Å²) < 4.78 is 10.4. The molecule has 2 rings (SSSR count). The number of carbonyl (C=O) groups is 1. The van der Waals surface area contributed by atoms with Gasteiger partial charge in [0.2, 0.25) is 0 Å². The predicted molar refractivity (Wildman–Crippen MR) is 71.9 cm³/mol. The Hall–Kier alpha value is -1.66. The van der Waals surface area contributed by atoms with Crippen molar-refractivity contribution in [2.75, 3.05) is 19.8 Å². The SMILES string of the molecule is O=C(OCC1CCOCC1)c1ccc([N+](=O)[O-])c(Cl)c1. The molecule has 1 aromatic carbocycles. The molecule has 7 heteroatoms. The van der Waals surface area contributed by atoms with Crippen molar-refractivity contribution in [3.8, 4) is 0 Å². The molecule has 0 unspecified atom stereocenters. The highest BCUT2D eigenvalue weighted by Crippen LogP contribution is 2.25. The Morgan fingerprint density at radius 2 is 2.15 bits per heavy atom. The molecule has 0 amide bonds. The van der Waals surface area contributed by atoms with Crippen LogP contribution in [0.3, 0.4) is 0 Å². The van der Waals surface area contributed by atoms with Gasteiger partial charge in [-0.2, -0.15) is 0 Å². The van der Waals surface area contributed by atoms with E-state index >= 15 is 0 Å². The molecule has 0 N–H and O–H groups in total. The number of benzene rings is 1. The summed E-state index contributed by atoms with van der Waals surface area (Å²) in [5.74, 6) is -0.213. The second kappa shape index (κ2) is 6.67. The number of esters is 1. The molecule has 1 heterocycles. The highest BCUT2D eigenvalue weighted by Gasteiger charge is 2.19. The van der Waals surface area contributed by atoms with Crippen LogP contribution in [0.15, 0.2) is 18.2 Å². The third-order valence-corrected chi connectivity index (χ3v) is 3.47. The Kier molecular flexibility index (Phi) is 4.92. The van der Waals surface area contributed by atoms with Gasteiger partial charge < -0.3 is 9.47 Å². The minimum absolute atomic E-state index is 0.0736. The zero-order chi connectivity index (χ0) is 14.5. The van der Waals surface area contributed by atoms with Gasteiger partial charge in [-0.3, -0.25) is 10.1 Å². The summed E-state index contributed by atoms with van der Waals surface area (Å²) in [6, 6.07) is 3.80. The lowest BCUT2D eigenvalue weighted by molar-refractivity contribution is -0.384. The largest absolute Gasteiger partial charge is 0.462 e. The number of halogens is 1. The number of hydrogen-bond donors (Lipinski definition) is 0. The van der Waals surface area contributed by atoms with E-state index in [1.165, 1.54) is 18.2 Å². The van der Waals surface area contributed by atoms with Gasteiger partial charge in [0.05, 0.1) is 17.1 Å². The van der Waals surface area contributed by atoms with E-state index < -0.39 is 10.9 Å².